The molecule has 4 aromatic rings. The highest BCUT2D eigenvalue weighted by Crippen LogP contribution is 2.33. The van der Waals surface area contributed by atoms with Crippen molar-refractivity contribution in [3.63, 3.8) is 0 Å². The first-order valence-corrected chi connectivity index (χ1v) is 14.5. The van der Waals surface area contributed by atoms with Crippen LogP contribution < -0.4 is 4.90 Å². The van der Waals surface area contributed by atoms with Gasteiger partial charge in [0.2, 0.25) is 10.0 Å². The van der Waals surface area contributed by atoms with Crippen LogP contribution in [0.1, 0.15) is 36.0 Å². The third-order valence-corrected chi connectivity index (χ3v) is 9.51. The van der Waals surface area contributed by atoms with Crippen molar-refractivity contribution in [3.8, 4) is 0 Å². The first kappa shape index (κ1) is 24.9. The second-order valence-electron chi connectivity index (χ2n) is 8.65. The number of fused-ring (bicyclic) bond motifs is 1. The van der Waals surface area contributed by atoms with Crippen LogP contribution in [0.5, 0.6) is 0 Å². The van der Waals surface area contributed by atoms with E-state index in [1.807, 2.05) is 24.4 Å². The topological polar surface area (TPSA) is 88.4 Å². The standard InChI is InChI=1S/C25H26ClN5O3S2/c26-21-7-5-8-22-23(21)28-25(35-22)31(18-17-29-14-6-13-27-29)24(32)19-9-11-20(12-10-19)36(33,34)30-15-3-1-2-4-16-30/h5-14H,1-4,15-18H2. The predicted octanol–water partition coefficient (Wildman–Crippen LogP) is 5.06. The number of hydrogen-bond donors (Lipinski definition) is 0. The Bertz CT molecular complexity index is 1440. The number of rotatable bonds is 7. The van der Waals surface area contributed by atoms with Gasteiger partial charge in [-0.25, -0.2) is 13.4 Å². The summed E-state index contributed by atoms with van der Waals surface area (Å²) in [7, 11) is -3.59. The molecule has 11 heteroatoms. The van der Waals surface area contributed by atoms with Crippen LogP contribution >= 0.6 is 22.9 Å². The highest BCUT2D eigenvalue weighted by Gasteiger charge is 2.27. The van der Waals surface area contributed by atoms with Gasteiger partial charge in [0.05, 0.1) is 21.2 Å². The Kier molecular flexibility index (Phi) is 7.38. The van der Waals surface area contributed by atoms with Crippen LogP contribution in [0.2, 0.25) is 5.02 Å². The molecule has 8 nitrogen and oxygen atoms in total. The fraction of sp³-hybridized carbons (Fsp3) is 0.320. The van der Waals surface area contributed by atoms with Crippen molar-refractivity contribution in [2.24, 2.45) is 0 Å². The molecule has 188 valence electrons. The minimum atomic E-state index is -3.59. The van der Waals surface area contributed by atoms with Crippen molar-refractivity contribution in [1.82, 2.24) is 19.1 Å². The Morgan fingerprint density at radius 1 is 1.03 bits per heavy atom. The third kappa shape index (κ3) is 5.17. The van der Waals surface area contributed by atoms with Crippen LogP contribution in [0.3, 0.4) is 0 Å². The number of carbonyl (C=O) groups excluding carboxylic acids is 1. The molecule has 1 aliphatic heterocycles. The number of aromatic nitrogens is 3. The van der Waals surface area contributed by atoms with Crippen LogP contribution in [0.4, 0.5) is 5.13 Å². The number of thiazole rings is 1. The van der Waals surface area contributed by atoms with Crippen molar-refractivity contribution in [2.75, 3.05) is 24.5 Å². The average molecular weight is 544 g/mol. The number of sulfonamides is 1. The maximum Gasteiger partial charge on any atom is 0.260 e. The van der Waals surface area contributed by atoms with Crippen LogP contribution in [0, 0.1) is 0 Å². The smallest absolute Gasteiger partial charge is 0.260 e. The van der Waals surface area contributed by atoms with E-state index >= 15 is 0 Å². The quantitative estimate of drug-likeness (QED) is 0.325. The van der Waals surface area contributed by atoms with E-state index in [9.17, 15) is 13.2 Å². The molecule has 0 radical (unpaired) electrons. The zero-order valence-corrected chi connectivity index (χ0v) is 22.0. The van der Waals surface area contributed by atoms with Gasteiger partial charge in [-0.1, -0.05) is 41.8 Å². The first-order chi connectivity index (χ1) is 17.4. The minimum Gasteiger partial charge on any atom is -0.282 e. The van der Waals surface area contributed by atoms with Gasteiger partial charge in [-0.15, -0.1) is 0 Å². The summed E-state index contributed by atoms with van der Waals surface area (Å²) >= 11 is 7.72. The van der Waals surface area contributed by atoms with E-state index in [1.165, 1.54) is 23.5 Å². The third-order valence-electron chi connectivity index (χ3n) is 6.25. The Labute approximate surface area is 219 Å². The van der Waals surface area contributed by atoms with E-state index in [0.717, 1.165) is 30.4 Å². The summed E-state index contributed by atoms with van der Waals surface area (Å²) in [6, 6.07) is 13.6. The molecule has 3 heterocycles. The number of anilines is 1. The Morgan fingerprint density at radius 3 is 2.44 bits per heavy atom. The lowest BCUT2D eigenvalue weighted by Crippen LogP contribution is -2.34. The van der Waals surface area contributed by atoms with Gasteiger partial charge in [-0.05, 0) is 55.3 Å². The molecule has 1 fully saturated rings. The molecule has 1 amide bonds. The maximum atomic E-state index is 13.6. The normalized spacial score (nSPS) is 15.1. The van der Waals surface area contributed by atoms with Gasteiger partial charge < -0.3 is 0 Å². The predicted molar refractivity (Wildman–Crippen MR) is 142 cm³/mol. The number of halogens is 1. The van der Waals surface area contributed by atoms with E-state index in [-0.39, 0.29) is 10.8 Å². The van der Waals surface area contributed by atoms with Gasteiger partial charge in [-0.3, -0.25) is 14.4 Å². The molecular formula is C25H26ClN5O3S2. The number of para-hydroxylation sites is 1. The largest absolute Gasteiger partial charge is 0.282 e. The monoisotopic (exact) mass is 543 g/mol. The van der Waals surface area contributed by atoms with Crippen molar-refractivity contribution >= 4 is 54.2 Å². The fourth-order valence-electron chi connectivity index (χ4n) is 4.29. The second-order valence-corrected chi connectivity index (χ2v) is 12.0. The summed E-state index contributed by atoms with van der Waals surface area (Å²) in [4.78, 5) is 20.1. The molecule has 0 unspecified atom stereocenters. The van der Waals surface area contributed by atoms with Crippen molar-refractivity contribution in [3.05, 3.63) is 71.5 Å². The van der Waals surface area contributed by atoms with E-state index in [2.05, 4.69) is 10.1 Å². The van der Waals surface area contributed by atoms with Crippen molar-refractivity contribution in [2.45, 2.75) is 37.1 Å². The molecule has 0 atom stereocenters. The van der Waals surface area contributed by atoms with Crippen LogP contribution in [-0.2, 0) is 16.6 Å². The van der Waals surface area contributed by atoms with Gasteiger partial charge in [0.1, 0.15) is 5.52 Å². The van der Waals surface area contributed by atoms with E-state index in [1.54, 1.807) is 38.3 Å². The van der Waals surface area contributed by atoms with Gasteiger partial charge in [0.15, 0.2) is 5.13 Å². The molecular weight excluding hydrogens is 518 g/mol. The average Bonchev–Trinajstić information content (AvgIpc) is 3.48. The molecule has 5 rings (SSSR count). The number of benzene rings is 2. The number of carbonyl (C=O) groups is 1. The van der Waals surface area contributed by atoms with Crippen molar-refractivity contribution in [1.29, 1.82) is 0 Å². The molecule has 1 saturated heterocycles. The zero-order chi connectivity index (χ0) is 25.1. The number of hydrogen-bond acceptors (Lipinski definition) is 6. The van der Waals surface area contributed by atoms with Gasteiger partial charge in [0, 0.05) is 37.6 Å². The molecule has 2 aromatic carbocycles. The molecule has 0 spiro atoms. The molecule has 1 aliphatic rings. The summed E-state index contributed by atoms with van der Waals surface area (Å²) < 4.78 is 30.5. The lowest BCUT2D eigenvalue weighted by molar-refractivity contribution is 0.0985. The molecule has 0 aliphatic carbocycles. The highest BCUT2D eigenvalue weighted by molar-refractivity contribution is 7.89. The lowest BCUT2D eigenvalue weighted by atomic mass is 10.2. The van der Waals surface area contributed by atoms with E-state index < -0.39 is 10.0 Å². The number of nitrogens with zero attached hydrogens (tertiary/aromatic N) is 5. The first-order valence-electron chi connectivity index (χ1n) is 11.9. The van der Waals surface area contributed by atoms with E-state index in [0.29, 0.717) is 47.4 Å². The molecule has 0 saturated carbocycles. The van der Waals surface area contributed by atoms with Crippen LogP contribution in [0.15, 0.2) is 65.8 Å². The highest BCUT2D eigenvalue weighted by atomic mass is 35.5. The van der Waals surface area contributed by atoms with Crippen LogP contribution in [0.25, 0.3) is 10.2 Å². The zero-order valence-electron chi connectivity index (χ0n) is 19.6. The maximum absolute atomic E-state index is 13.6. The molecule has 0 N–H and O–H groups in total. The fourth-order valence-corrected chi connectivity index (χ4v) is 7.10. The summed E-state index contributed by atoms with van der Waals surface area (Å²) in [5.74, 6) is -0.268. The van der Waals surface area contributed by atoms with Gasteiger partial charge in [-0.2, -0.15) is 9.40 Å². The Balaban J connectivity index is 1.43. The molecule has 0 bridgehead atoms. The van der Waals surface area contributed by atoms with E-state index in [4.69, 9.17) is 11.6 Å². The second kappa shape index (κ2) is 10.7. The lowest BCUT2D eigenvalue weighted by Gasteiger charge is -2.21. The minimum absolute atomic E-state index is 0.204. The van der Waals surface area contributed by atoms with Gasteiger partial charge >= 0.3 is 0 Å². The molecule has 36 heavy (non-hydrogen) atoms. The van der Waals surface area contributed by atoms with Crippen LogP contribution in [-0.4, -0.2) is 53.0 Å². The number of amides is 1. The Hall–Kier alpha value is -2.79. The summed E-state index contributed by atoms with van der Waals surface area (Å²) in [6.07, 6.45) is 7.35. The van der Waals surface area contributed by atoms with Gasteiger partial charge in [0.25, 0.3) is 5.91 Å². The summed E-state index contributed by atoms with van der Waals surface area (Å²) in [6.45, 7) is 1.88. The molecule has 2 aromatic heterocycles. The van der Waals surface area contributed by atoms with Crippen molar-refractivity contribution < 1.29 is 13.2 Å². The SMILES string of the molecule is O=C(c1ccc(S(=O)(=O)N2CCCCCC2)cc1)N(CCn1cccn1)c1nc2c(Cl)cccc2s1. The summed E-state index contributed by atoms with van der Waals surface area (Å²) in [5, 5.41) is 5.28. The Morgan fingerprint density at radius 2 is 1.78 bits per heavy atom. The summed E-state index contributed by atoms with van der Waals surface area (Å²) in [5.41, 5.74) is 1.03.